The van der Waals surface area contributed by atoms with Gasteiger partial charge in [0.05, 0.1) is 10.8 Å². The molecule has 0 heterocycles. The van der Waals surface area contributed by atoms with Gasteiger partial charge in [0.25, 0.3) is 5.69 Å². The van der Waals surface area contributed by atoms with E-state index in [2.05, 4.69) is 15.9 Å². The molecule has 0 aliphatic heterocycles. The predicted octanol–water partition coefficient (Wildman–Crippen LogP) is 3.01. The molecule has 0 bridgehead atoms. The third-order valence-corrected chi connectivity index (χ3v) is 2.74. The smallest absolute Gasteiger partial charge is 0.269 e. The van der Waals surface area contributed by atoms with Crippen molar-refractivity contribution >= 4 is 26.3 Å². The highest BCUT2D eigenvalue weighted by atomic mass is 79.9. The van der Waals surface area contributed by atoms with Crippen LogP contribution in [0.25, 0.3) is 0 Å². The van der Waals surface area contributed by atoms with Crippen LogP contribution >= 0.6 is 15.9 Å². The Morgan fingerprint density at radius 3 is 2.33 bits per heavy atom. The molecule has 0 saturated heterocycles. The van der Waals surface area contributed by atoms with Crippen molar-refractivity contribution < 1.29 is 9.72 Å². The van der Waals surface area contributed by atoms with Gasteiger partial charge in [0.1, 0.15) is 0 Å². The van der Waals surface area contributed by atoms with E-state index in [4.69, 9.17) is 0 Å². The minimum atomic E-state index is -0.458. The summed E-state index contributed by atoms with van der Waals surface area (Å²) in [4.78, 5) is 21.1. The van der Waals surface area contributed by atoms with Crippen molar-refractivity contribution in [2.24, 2.45) is 0 Å². The number of carbonyl (C=O) groups is 1. The van der Waals surface area contributed by atoms with Gasteiger partial charge in [-0.25, -0.2) is 0 Å². The molecule has 1 atom stereocenters. The van der Waals surface area contributed by atoms with E-state index in [1.807, 2.05) is 6.92 Å². The lowest BCUT2D eigenvalue weighted by Crippen LogP contribution is -2.04. The number of nitro benzene ring substituents is 1. The number of hydrogen-bond acceptors (Lipinski definition) is 3. The molecule has 1 rings (SSSR count). The van der Waals surface area contributed by atoms with Gasteiger partial charge in [0.2, 0.25) is 4.69 Å². The van der Waals surface area contributed by atoms with Crippen LogP contribution in [0.5, 0.6) is 0 Å². The lowest BCUT2D eigenvalue weighted by atomic mass is 9.98. The van der Waals surface area contributed by atoms with E-state index >= 15 is 0 Å². The van der Waals surface area contributed by atoms with Crippen LogP contribution in [-0.2, 0) is 4.79 Å². The summed E-state index contributed by atoms with van der Waals surface area (Å²) >= 11 is 2.91. The number of halogens is 1. The highest BCUT2D eigenvalue weighted by Gasteiger charge is 2.16. The fourth-order valence-electron chi connectivity index (χ4n) is 1.36. The van der Waals surface area contributed by atoms with Crippen molar-refractivity contribution in [2.75, 3.05) is 0 Å². The molecule has 0 N–H and O–H groups in total. The van der Waals surface area contributed by atoms with Crippen molar-refractivity contribution in [1.29, 1.82) is 0 Å². The number of rotatable bonds is 4. The van der Waals surface area contributed by atoms with Crippen LogP contribution < -0.4 is 0 Å². The Morgan fingerprint density at radius 1 is 1.47 bits per heavy atom. The standard InChI is InChI=1S/C10H10BrNO3/c1-2-9(10(11)13)7-3-5-8(6-4-7)12(14)15/h3-6,9H,2H2,1H3. The second-order valence-electron chi connectivity index (χ2n) is 3.11. The molecule has 1 aromatic rings. The van der Waals surface area contributed by atoms with Gasteiger partial charge in [-0.2, -0.15) is 0 Å². The molecule has 1 aromatic carbocycles. The maximum Gasteiger partial charge on any atom is 0.269 e. The molecule has 1 unspecified atom stereocenters. The fraction of sp³-hybridized carbons (Fsp3) is 0.300. The molecule has 0 aliphatic rings. The molecular weight excluding hydrogens is 262 g/mol. The number of nitrogens with zero attached hydrogens (tertiary/aromatic N) is 1. The maximum atomic E-state index is 11.2. The minimum Gasteiger partial charge on any atom is -0.286 e. The van der Waals surface area contributed by atoms with E-state index < -0.39 is 4.92 Å². The molecule has 0 spiro atoms. The van der Waals surface area contributed by atoms with E-state index in [1.165, 1.54) is 12.1 Å². The first-order valence-corrected chi connectivity index (χ1v) is 5.29. The van der Waals surface area contributed by atoms with Gasteiger partial charge in [-0.15, -0.1) is 0 Å². The van der Waals surface area contributed by atoms with Crippen LogP contribution in [0.3, 0.4) is 0 Å². The monoisotopic (exact) mass is 271 g/mol. The van der Waals surface area contributed by atoms with Crippen LogP contribution in [0.2, 0.25) is 0 Å². The highest BCUT2D eigenvalue weighted by Crippen LogP contribution is 2.24. The largest absolute Gasteiger partial charge is 0.286 e. The average Bonchev–Trinajstić information content (AvgIpc) is 2.19. The molecule has 5 heteroatoms. The maximum absolute atomic E-state index is 11.2. The summed E-state index contributed by atoms with van der Waals surface area (Å²) < 4.78 is -0.0983. The molecule has 0 radical (unpaired) electrons. The third-order valence-electron chi connectivity index (χ3n) is 2.19. The third kappa shape index (κ3) is 2.86. The van der Waals surface area contributed by atoms with Gasteiger partial charge in [0, 0.05) is 12.1 Å². The first kappa shape index (κ1) is 11.8. The molecule has 15 heavy (non-hydrogen) atoms. The zero-order valence-corrected chi connectivity index (χ0v) is 9.73. The Hall–Kier alpha value is -1.23. The molecule has 4 nitrogen and oxygen atoms in total. The molecule has 0 fully saturated rings. The van der Waals surface area contributed by atoms with Crippen LogP contribution in [0.4, 0.5) is 5.69 Å². The van der Waals surface area contributed by atoms with E-state index in [1.54, 1.807) is 12.1 Å². The van der Waals surface area contributed by atoms with E-state index in [0.29, 0.717) is 6.42 Å². The van der Waals surface area contributed by atoms with Crippen LogP contribution in [0.15, 0.2) is 24.3 Å². The van der Waals surface area contributed by atoms with Crippen molar-refractivity contribution in [3.63, 3.8) is 0 Å². The molecule has 0 amide bonds. The average molecular weight is 272 g/mol. The number of carbonyl (C=O) groups excluding carboxylic acids is 1. The summed E-state index contributed by atoms with van der Waals surface area (Å²) in [5.74, 6) is -0.231. The Balaban J connectivity index is 2.97. The fourth-order valence-corrected chi connectivity index (χ4v) is 1.94. The minimum absolute atomic E-state index is 0.0376. The van der Waals surface area contributed by atoms with Crippen molar-refractivity contribution in [3.8, 4) is 0 Å². The zero-order valence-electron chi connectivity index (χ0n) is 8.14. The van der Waals surface area contributed by atoms with E-state index in [9.17, 15) is 14.9 Å². The summed E-state index contributed by atoms with van der Waals surface area (Å²) in [5, 5.41) is 10.4. The summed E-state index contributed by atoms with van der Waals surface area (Å²) in [6.07, 6.45) is 0.669. The molecule has 0 saturated carbocycles. The van der Waals surface area contributed by atoms with Crippen molar-refractivity contribution in [1.82, 2.24) is 0 Å². The Morgan fingerprint density at radius 2 is 2.00 bits per heavy atom. The SMILES string of the molecule is CCC(C(=O)Br)c1ccc([N+](=O)[O-])cc1. The number of non-ortho nitro benzene ring substituents is 1. The van der Waals surface area contributed by atoms with Gasteiger partial charge >= 0.3 is 0 Å². The number of hydrogen-bond donors (Lipinski definition) is 0. The summed E-state index contributed by atoms with van der Waals surface area (Å²) in [6, 6.07) is 6.05. The molecule has 0 aromatic heterocycles. The van der Waals surface area contributed by atoms with Gasteiger partial charge in [-0.05, 0) is 27.9 Å². The summed E-state index contributed by atoms with van der Waals surface area (Å²) in [7, 11) is 0. The normalized spacial score (nSPS) is 12.1. The van der Waals surface area contributed by atoms with Gasteiger partial charge in [-0.1, -0.05) is 19.1 Å². The quantitative estimate of drug-likeness (QED) is 0.481. The van der Waals surface area contributed by atoms with Crippen LogP contribution in [0.1, 0.15) is 24.8 Å². The second-order valence-corrected chi connectivity index (χ2v) is 3.90. The second kappa shape index (κ2) is 5.02. The Labute approximate surface area is 95.6 Å². The van der Waals surface area contributed by atoms with Gasteiger partial charge in [-0.3, -0.25) is 14.9 Å². The van der Waals surface area contributed by atoms with Crippen LogP contribution in [0, 0.1) is 10.1 Å². The lowest BCUT2D eigenvalue weighted by Gasteiger charge is -2.09. The highest BCUT2D eigenvalue weighted by molar-refractivity contribution is 9.18. The number of nitro groups is 1. The summed E-state index contributed by atoms with van der Waals surface area (Å²) in [6.45, 7) is 1.89. The topological polar surface area (TPSA) is 60.2 Å². The molecule has 0 aliphatic carbocycles. The first-order chi connectivity index (χ1) is 7.06. The Kier molecular flexibility index (Phi) is 3.96. The molecule has 80 valence electrons. The molecular formula is C10H10BrNO3. The van der Waals surface area contributed by atoms with Crippen LogP contribution in [-0.4, -0.2) is 9.62 Å². The van der Waals surface area contributed by atoms with E-state index in [0.717, 1.165) is 5.56 Å². The van der Waals surface area contributed by atoms with Crippen molar-refractivity contribution in [2.45, 2.75) is 19.3 Å². The first-order valence-electron chi connectivity index (χ1n) is 4.50. The lowest BCUT2D eigenvalue weighted by molar-refractivity contribution is -0.384. The zero-order chi connectivity index (χ0) is 11.4. The van der Waals surface area contributed by atoms with Gasteiger partial charge < -0.3 is 0 Å². The van der Waals surface area contributed by atoms with Gasteiger partial charge in [0.15, 0.2) is 0 Å². The predicted molar refractivity (Wildman–Crippen MR) is 60.1 cm³/mol. The van der Waals surface area contributed by atoms with Crippen molar-refractivity contribution in [3.05, 3.63) is 39.9 Å². The van der Waals surface area contributed by atoms with E-state index in [-0.39, 0.29) is 16.3 Å². The Bertz CT molecular complexity index is 375. The summed E-state index contributed by atoms with van der Waals surface area (Å²) in [5.41, 5.74) is 0.834. The number of benzene rings is 1.